The average Bonchev–Trinajstić information content (AvgIpc) is 3.11. The third-order valence-electron chi connectivity index (χ3n) is 6.73. The van der Waals surface area contributed by atoms with Gasteiger partial charge in [0, 0.05) is 44.8 Å². The summed E-state index contributed by atoms with van der Waals surface area (Å²) in [5.74, 6) is 0.741. The van der Waals surface area contributed by atoms with E-state index in [1.54, 1.807) is 47.0 Å². The molecule has 0 N–H and O–H groups in total. The number of nitrogens with zero attached hydrogens (tertiary/aromatic N) is 4. The van der Waals surface area contributed by atoms with Crippen LogP contribution in [0.5, 0.6) is 5.75 Å². The molecule has 0 unspecified atom stereocenters. The lowest BCUT2D eigenvalue weighted by molar-refractivity contribution is 0.0746. The minimum Gasteiger partial charge on any atom is -0.497 e. The number of piperazine rings is 1. The van der Waals surface area contributed by atoms with Crippen molar-refractivity contribution >= 4 is 42.6 Å². The van der Waals surface area contributed by atoms with Crippen molar-refractivity contribution in [3.63, 3.8) is 0 Å². The van der Waals surface area contributed by atoms with Gasteiger partial charge < -0.3 is 14.5 Å². The molecule has 2 saturated heterocycles. The molecule has 10 heteroatoms. The summed E-state index contributed by atoms with van der Waals surface area (Å²) in [6.07, 6.45) is 3.93. The molecule has 35 heavy (non-hydrogen) atoms. The summed E-state index contributed by atoms with van der Waals surface area (Å²) in [5, 5.41) is 0.948. The average molecular weight is 515 g/mol. The van der Waals surface area contributed by atoms with Gasteiger partial charge in [0.15, 0.2) is 5.13 Å². The number of ether oxygens (including phenoxy) is 1. The Hall–Kier alpha value is -2.69. The highest BCUT2D eigenvalue weighted by molar-refractivity contribution is 7.89. The van der Waals surface area contributed by atoms with Crippen molar-refractivity contribution in [1.29, 1.82) is 0 Å². The maximum atomic E-state index is 13.1. The summed E-state index contributed by atoms with van der Waals surface area (Å²) in [5.41, 5.74) is 1.46. The van der Waals surface area contributed by atoms with E-state index in [9.17, 15) is 13.2 Å². The predicted octanol–water partition coefficient (Wildman–Crippen LogP) is 3.83. The van der Waals surface area contributed by atoms with Crippen LogP contribution >= 0.6 is 11.3 Å². The molecule has 0 bridgehead atoms. The summed E-state index contributed by atoms with van der Waals surface area (Å²) in [7, 11) is -1.86. The Bertz CT molecular complexity index is 1290. The number of fused-ring (bicyclic) bond motifs is 1. The number of carbonyl (C=O) groups is 1. The molecule has 1 aromatic heterocycles. The molecule has 5 rings (SSSR count). The molecule has 0 spiro atoms. The Morgan fingerprint density at radius 2 is 1.60 bits per heavy atom. The normalized spacial score (nSPS) is 18.0. The molecule has 0 saturated carbocycles. The number of benzene rings is 2. The van der Waals surface area contributed by atoms with E-state index < -0.39 is 10.0 Å². The van der Waals surface area contributed by atoms with Gasteiger partial charge in [0.25, 0.3) is 5.91 Å². The highest BCUT2D eigenvalue weighted by atomic mass is 32.2. The Labute approximate surface area is 210 Å². The molecule has 2 fully saturated rings. The molecule has 2 aliphatic rings. The zero-order chi connectivity index (χ0) is 24.4. The van der Waals surface area contributed by atoms with Crippen molar-refractivity contribution in [2.75, 3.05) is 51.3 Å². The Morgan fingerprint density at radius 1 is 0.914 bits per heavy atom. The first kappa shape index (κ1) is 24.0. The first-order chi connectivity index (χ1) is 17.0. The van der Waals surface area contributed by atoms with Crippen LogP contribution in [-0.2, 0) is 10.0 Å². The van der Waals surface area contributed by atoms with Gasteiger partial charge in [-0.3, -0.25) is 4.79 Å². The van der Waals surface area contributed by atoms with E-state index in [-0.39, 0.29) is 10.8 Å². The van der Waals surface area contributed by atoms with E-state index in [0.717, 1.165) is 46.8 Å². The largest absolute Gasteiger partial charge is 0.497 e. The van der Waals surface area contributed by atoms with Crippen LogP contribution in [0.3, 0.4) is 0 Å². The van der Waals surface area contributed by atoms with Crippen LogP contribution in [0.1, 0.15) is 36.0 Å². The number of amides is 1. The zero-order valence-corrected chi connectivity index (χ0v) is 21.5. The highest BCUT2D eigenvalue weighted by Crippen LogP contribution is 2.32. The van der Waals surface area contributed by atoms with Crippen molar-refractivity contribution in [1.82, 2.24) is 14.2 Å². The number of anilines is 1. The lowest BCUT2D eigenvalue weighted by Crippen LogP contribution is -2.48. The topological polar surface area (TPSA) is 83.0 Å². The fraction of sp³-hybridized carbons (Fsp3) is 0.440. The monoisotopic (exact) mass is 514 g/mol. The molecule has 2 aliphatic heterocycles. The van der Waals surface area contributed by atoms with Gasteiger partial charge in [-0.15, -0.1) is 0 Å². The van der Waals surface area contributed by atoms with Gasteiger partial charge in [0.05, 0.1) is 22.2 Å². The molecule has 1 amide bonds. The van der Waals surface area contributed by atoms with E-state index in [0.29, 0.717) is 44.8 Å². The minimum absolute atomic E-state index is 0.0718. The van der Waals surface area contributed by atoms with Gasteiger partial charge in [-0.05, 0) is 55.3 Å². The van der Waals surface area contributed by atoms with Gasteiger partial charge in [-0.25, -0.2) is 13.4 Å². The summed E-state index contributed by atoms with van der Waals surface area (Å²) in [6, 6.07) is 12.3. The van der Waals surface area contributed by atoms with Crippen molar-refractivity contribution in [3.05, 3.63) is 48.0 Å². The molecule has 3 aromatic rings. The Balaban J connectivity index is 1.22. The van der Waals surface area contributed by atoms with E-state index in [4.69, 9.17) is 9.72 Å². The number of hydrogen-bond donors (Lipinski definition) is 0. The Kier molecular flexibility index (Phi) is 6.95. The van der Waals surface area contributed by atoms with Crippen molar-refractivity contribution in [3.8, 4) is 5.75 Å². The standard InChI is InChI=1S/C25H30N4O4S2/c1-33-20-8-11-22-23(18-20)34-25(26-22)28-16-14-27(15-17-28)24(30)19-6-9-21(10-7-19)35(31,32)29-12-4-2-3-5-13-29/h6-11,18H,2-5,12-17H2,1H3. The van der Waals surface area contributed by atoms with Gasteiger partial charge >= 0.3 is 0 Å². The quantitative estimate of drug-likeness (QED) is 0.515. The fourth-order valence-electron chi connectivity index (χ4n) is 4.64. The predicted molar refractivity (Wildman–Crippen MR) is 138 cm³/mol. The van der Waals surface area contributed by atoms with Gasteiger partial charge in [0.1, 0.15) is 5.75 Å². The number of aromatic nitrogens is 1. The van der Waals surface area contributed by atoms with E-state index in [2.05, 4.69) is 4.90 Å². The van der Waals surface area contributed by atoms with E-state index in [1.807, 2.05) is 23.1 Å². The summed E-state index contributed by atoms with van der Waals surface area (Å²) in [6.45, 7) is 3.71. The number of hydrogen-bond acceptors (Lipinski definition) is 7. The van der Waals surface area contributed by atoms with E-state index >= 15 is 0 Å². The molecule has 0 radical (unpaired) electrons. The van der Waals surface area contributed by atoms with Crippen molar-refractivity contribution < 1.29 is 17.9 Å². The van der Waals surface area contributed by atoms with Crippen LogP contribution in [0.4, 0.5) is 5.13 Å². The molecular formula is C25H30N4O4S2. The molecule has 8 nitrogen and oxygen atoms in total. The molecule has 186 valence electrons. The second-order valence-electron chi connectivity index (χ2n) is 8.95. The molecule has 0 aliphatic carbocycles. The molecule has 3 heterocycles. The molecule has 2 aromatic carbocycles. The van der Waals surface area contributed by atoms with E-state index in [1.165, 1.54) is 0 Å². The molecular weight excluding hydrogens is 484 g/mol. The smallest absolute Gasteiger partial charge is 0.253 e. The van der Waals surface area contributed by atoms with Crippen molar-refractivity contribution in [2.24, 2.45) is 0 Å². The summed E-state index contributed by atoms with van der Waals surface area (Å²) >= 11 is 1.63. The van der Waals surface area contributed by atoms with Crippen LogP contribution in [0.15, 0.2) is 47.4 Å². The number of rotatable bonds is 5. The third-order valence-corrected chi connectivity index (χ3v) is 9.72. The first-order valence-electron chi connectivity index (χ1n) is 12.0. The Morgan fingerprint density at radius 3 is 2.26 bits per heavy atom. The number of sulfonamides is 1. The SMILES string of the molecule is COc1ccc2nc(N3CCN(C(=O)c4ccc(S(=O)(=O)N5CCCCCC5)cc4)CC3)sc2c1. The van der Waals surface area contributed by atoms with Crippen LogP contribution in [0, 0.1) is 0 Å². The van der Waals surface area contributed by atoms with Crippen LogP contribution in [0.2, 0.25) is 0 Å². The van der Waals surface area contributed by atoms with Gasteiger partial charge in [-0.1, -0.05) is 24.2 Å². The van der Waals surface area contributed by atoms with Crippen LogP contribution in [0.25, 0.3) is 10.2 Å². The second-order valence-corrected chi connectivity index (χ2v) is 11.9. The number of carbonyl (C=O) groups excluding carboxylic acids is 1. The minimum atomic E-state index is -3.52. The maximum absolute atomic E-state index is 13.1. The number of thiazole rings is 1. The van der Waals surface area contributed by atoms with Crippen LogP contribution in [-0.4, -0.2) is 74.9 Å². The number of methoxy groups -OCH3 is 1. The van der Waals surface area contributed by atoms with Crippen LogP contribution < -0.4 is 9.64 Å². The van der Waals surface area contributed by atoms with Crippen molar-refractivity contribution in [2.45, 2.75) is 30.6 Å². The summed E-state index contributed by atoms with van der Waals surface area (Å²) in [4.78, 5) is 22.1. The van der Waals surface area contributed by atoms with Gasteiger partial charge in [-0.2, -0.15) is 4.31 Å². The lowest BCUT2D eigenvalue weighted by Gasteiger charge is -2.34. The maximum Gasteiger partial charge on any atom is 0.253 e. The zero-order valence-electron chi connectivity index (χ0n) is 19.9. The fourth-order valence-corrected chi connectivity index (χ4v) is 7.20. The molecule has 0 atom stereocenters. The van der Waals surface area contributed by atoms with Gasteiger partial charge in [0.2, 0.25) is 10.0 Å². The lowest BCUT2D eigenvalue weighted by atomic mass is 10.2. The second kappa shape index (κ2) is 10.1. The summed E-state index contributed by atoms with van der Waals surface area (Å²) < 4.78 is 34.0. The third kappa shape index (κ3) is 5.00. The highest BCUT2D eigenvalue weighted by Gasteiger charge is 2.27. The first-order valence-corrected chi connectivity index (χ1v) is 14.3.